The average Bonchev–Trinajstić information content (AvgIpc) is 2.80. The molecule has 1 aliphatic heterocycles. The number of pyridine rings is 1. The zero-order chi connectivity index (χ0) is 21.0. The molecule has 1 amide bonds. The summed E-state index contributed by atoms with van der Waals surface area (Å²) >= 11 is 1.61. The fraction of sp³-hybridized carbons (Fsp3) is 0.435. The van der Waals surface area contributed by atoms with Gasteiger partial charge in [-0.05, 0) is 41.8 Å². The maximum Gasteiger partial charge on any atom is 0.232 e. The van der Waals surface area contributed by atoms with Crippen molar-refractivity contribution < 1.29 is 9.53 Å². The van der Waals surface area contributed by atoms with E-state index in [1.54, 1.807) is 24.2 Å². The summed E-state index contributed by atoms with van der Waals surface area (Å²) in [6.45, 7) is 5.88. The van der Waals surface area contributed by atoms with E-state index in [9.17, 15) is 4.79 Å². The van der Waals surface area contributed by atoms with Crippen LogP contribution in [0.4, 0.5) is 0 Å². The molecule has 0 spiro atoms. The first-order chi connectivity index (χ1) is 14.7. The van der Waals surface area contributed by atoms with E-state index in [-0.39, 0.29) is 5.91 Å². The topological polar surface area (TPSA) is 69.5 Å². The van der Waals surface area contributed by atoms with Gasteiger partial charge in [0.2, 0.25) is 5.91 Å². The maximum absolute atomic E-state index is 12.9. The third-order valence-electron chi connectivity index (χ3n) is 5.06. The Hall–Kier alpha value is -2.40. The number of nitriles is 1. The van der Waals surface area contributed by atoms with Crippen molar-refractivity contribution >= 4 is 17.7 Å². The number of thioether (sulfide) groups is 1. The number of rotatable bonds is 10. The molecule has 1 saturated heterocycles. The van der Waals surface area contributed by atoms with E-state index in [0.29, 0.717) is 17.9 Å². The number of nitrogens with zero attached hydrogens (tertiary/aromatic N) is 4. The van der Waals surface area contributed by atoms with Crippen molar-refractivity contribution in [1.82, 2.24) is 14.8 Å². The third kappa shape index (κ3) is 7.45. The van der Waals surface area contributed by atoms with Crippen molar-refractivity contribution in [1.29, 1.82) is 5.26 Å². The summed E-state index contributed by atoms with van der Waals surface area (Å²) in [6, 6.07) is 13.6. The SMILES string of the molecule is N#Cc1ccc(CSCC(=O)N(CCCN2CCOCC2)Cc2ccncc2)cc1. The Labute approximate surface area is 182 Å². The van der Waals surface area contributed by atoms with E-state index in [2.05, 4.69) is 16.0 Å². The van der Waals surface area contributed by atoms with Gasteiger partial charge < -0.3 is 9.64 Å². The first kappa shape index (κ1) is 22.3. The second kappa shape index (κ2) is 12.3. The third-order valence-corrected chi connectivity index (χ3v) is 6.05. The van der Waals surface area contributed by atoms with Crippen LogP contribution in [0.15, 0.2) is 48.8 Å². The number of morpholine rings is 1. The molecular formula is C23H28N4O2S. The summed E-state index contributed by atoms with van der Waals surface area (Å²) in [4.78, 5) is 21.4. The number of hydrogen-bond acceptors (Lipinski definition) is 6. The minimum Gasteiger partial charge on any atom is -0.379 e. The monoisotopic (exact) mass is 424 g/mol. The van der Waals surface area contributed by atoms with Gasteiger partial charge in [-0.3, -0.25) is 14.7 Å². The van der Waals surface area contributed by atoms with Crippen molar-refractivity contribution in [3.63, 3.8) is 0 Å². The second-order valence-electron chi connectivity index (χ2n) is 7.28. The number of benzene rings is 1. The number of carbonyl (C=O) groups is 1. The fourth-order valence-corrected chi connectivity index (χ4v) is 4.22. The first-order valence-corrected chi connectivity index (χ1v) is 11.4. The zero-order valence-corrected chi connectivity index (χ0v) is 18.0. The molecule has 0 atom stereocenters. The van der Waals surface area contributed by atoms with E-state index < -0.39 is 0 Å². The van der Waals surface area contributed by atoms with Crippen LogP contribution in [-0.2, 0) is 21.8 Å². The van der Waals surface area contributed by atoms with Crippen LogP contribution >= 0.6 is 11.8 Å². The molecule has 1 aliphatic rings. The molecule has 30 heavy (non-hydrogen) atoms. The van der Waals surface area contributed by atoms with Crippen LogP contribution in [0.1, 0.15) is 23.1 Å². The molecule has 0 bridgehead atoms. The number of carbonyl (C=O) groups excluding carboxylic acids is 1. The van der Waals surface area contributed by atoms with Gasteiger partial charge in [-0.2, -0.15) is 5.26 Å². The standard InChI is InChI=1S/C23H28N4O2S/c24-16-20-2-4-22(5-3-20)18-30-19-23(28)27(17-21-6-8-25-9-7-21)11-1-10-26-12-14-29-15-13-26/h2-9H,1,10-15,17-19H2. The Balaban J connectivity index is 1.49. The molecule has 6 nitrogen and oxygen atoms in total. The maximum atomic E-state index is 12.9. The molecule has 2 aromatic rings. The smallest absolute Gasteiger partial charge is 0.232 e. The lowest BCUT2D eigenvalue weighted by molar-refractivity contribution is -0.129. The molecule has 2 heterocycles. The molecule has 158 valence electrons. The minimum atomic E-state index is 0.160. The summed E-state index contributed by atoms with van der Waals surface area (Å²) in [7, 11) is 0. The number of ether oxygens (including phenoxy) is 1. The van der Waals surface area contributed by atoms with Crippen LogP contribution < -0.4 is 0 Å². The van der Waals surface area contributed by atoms with Gasteiger partial charge in [0.25, 0.3) is 0 Å². The lowest BCUT2D eigenvalue weighted by Gasteiger charge is -2.28. The Morgan fingerprint density at radius 2 is 1.87 bits per heavy atom. The van der Waals surface area contributed by atoms with Crippen molar-refractivity contribution in [2.45, 2.75) is 18.7 Å². The first-order valence-electron chi connectivity index (χ1n) is 10.3. The summed E-state index contributed by atoms with van der Waals surface area (Å²) < 4.78 is 5.41. The molecule has 1 fully saturated rings. The number of aromatic nitrogens is 1. The number of amides is 1. The summed E-state index contributed by atoms with van der Waals surface area (Å²) in [6.07, 6.45) is 4.49. The van der Waals surface area contributed by atoms with Crippen molar-refractivity contribution in [2.75, 3.05) is 45.1 Å². The molecule has 1 aromatic carbocycles. The molecule has 0 unspecified atom stereocenters. The van der Waals surface area contributed by atoms with Crippen molar-refractivity contribution in [2.24, 2.45) is 0 Å². The van der Waals surface area contributed by atoms with Crippen LogP contribution in [0, 0.1) is 11.3 Å². The number of hydrogen-bond donors (Lipinski definition) is 0. The fourth-order valence-electron chi connectivity index (χ4n) is 3.33. The molecule has 0 saturated carbocycles. The Morgan fingerprint density at radius 3 is 2.57 bits per heavy atom. The van der Waals surface area contributed by atoms with Crippen LogP contribution in [0.25, 0.3) is 0 Å². The average molecular weight is 425 g/mol. The van der Waals surface area contributed by atoms with Crippen LogP contribution in [0.3, 0.4) is 0 Å². The van der Waals surface area contributed by atoms with Gasteiger partial charge >= 0.3 is 0 Å². The highest BCUT2D eigenvalue weighted by molar-refractivity contribution is 7.99. The van der Waals surface area contributed by atoms with E-state index in [0.717, 1.165) is 62.7 Å². The Morgan fingerprint density at radius 1 is 1.13 bits per heavy atom. The van der Waals surface area contributed by atoms with Gasteiger partial charge in [-0.1, -0.05) is 12.1 Å². The highest BCUT2D eigenvalue weighted by Gasteiger charge is 2.16. The highest BCUT2D eigenvalue weighted by atomic mass is 32.2. The Bertz CT molecular complexity index is 817. The van der Waals surface area contributed by atoms with Crippen LogP contribution in [0.5, 0.6) is 0 Å². The summed E-state index contributed by atoms with van der Waals surface area (Å²) in [5.41, 5.74) is 2.88. The van der Waals surface area contributed by atoms with E-state index in [1.165, 1.54) is 0 Å². The lowest BCUT2D eigenvalue weighted by Crippen LogP contribution is -2.39. The van der Waals surface area contributed by atoms with Crippen molar-refractivity contribution in [3.8, 4) is 6.07 Å². The highest BCUT2D eigenvalue weighted by Crippen LogP contribution is 2.15. The van der Waals surface area contributed by atoms with Crippen LogP contribution in [-0.4, -0.2) is 65.8 Å². The molecule has 7 heteroatoms. The zero-order valence-electron chi connectivity index (χ0n) is 17.2. The molecular weight excluding hydrogens is 396 g/mol. The second-order valence-corrected chi connectivity index (χ2v) is 8.27. The largest absolute Gasteiger partial charge is 0.379 e. The summed E-state index contributed by atoms with van der Waals surface area (Å²) in [5, 5.41) is 8.90. The Kier molecular flexibility index (Phi) is 9.16. The normalized spacial score (nSPS) is 14.2. The molecule has 3 rings (SSSR count). The van der Waals surface area contributed by atoms with Gasteiger partial charge in [0.15, 0.2) is 0 Å². The van der Waals surface area contributed by atoms with Gasteiger partial charge in [-0.25, -0.2) is 0 Å². The van der Waals surface area contributed by atoms with E-state index >= 15 is 0 Å². The van der Waals surface area contributed by atoms with Gasteiger partial charge in [0, 0.05) is 50.9 Å². The molecule has 0 aliphatic carbocycles. The predicted octanol–water partition coefficient (Wildman–Crippen LogP) is 2.94. The lowest BCUT2D eigenvalue weighted by atomic mass is 10.2. The molecule has 0 N–H and O–H groups in total. The quantitative estimate of drug-likeness (QED) is 0.584. The van der Waals surface area contributed by atoms with Gasteiger partial charge in [0.05, 0.1) is 30.6 Å². The van der Waals surface area contributed by atoms with E-state index in [1.807, 2.05) is 41.3 Å². The summed E-state index contributed by atoms with van der Waals surface area (Å²) in [5.74, 6) is 1.36. The van der Waals surface area contributed by atoms with E-state index in [4.69, 9.17) is 10.00 Å². The van der Waals surface area contributed by atoms with Crippen molar-refractivity contribution in [3.05, 3.63) is 65.5 Å². The van der Waals surface area contributed by atoms with Gasteiger partial charge in [-0.15, -0.1) is 11.8 Å². The van der Waals surface area contributed by atoms with Crippen LogP contribution in [0.2, 0.25) is 0 Å². The van der Waals surface area contributed by atoms with Gasteiger partial charge in [0.1, 0.15) is 0 Å². The predicted molar refractivity (Wildman–Crippen MR) is 119 cm³/mol. The minimum absolute atomic E-state index is 0.160. The molecule has 0 radical (unpaired) electrons. The molecule has 1 aromatic heterocycles.